The number of halogens is 1. The van der Waals surface area contributed by atoms with Crippen LogP contribution < -0.4 is 15.6 Å². The highest BCUT2D eigenvalue weighted by molar-refractivity contribution is 5.99. The van der Waals surface area contributed by atoms with Crippen molar-refractivity contribution < 1.29 is 18.7 Å². The van der Waals surface area contributed by atoms with Gasteiger partial charge in [-0.3, -0.25) is 20.4 Å². The van der Waals surface area contributed by atoms with E-state index in [1.54, 1.807) is 24.3 Å². The minimum Gasteiger partial charge on any atom is -0.457 e. The lowest BCUT2D eigenvalue weighted by atomic mass is 10.2. The first kappa shape index (κ1) is 17.2. The van der Waals surface area contributed by atoms with E-state index in [9.17, 15) is 14.0 Å². The van der Waals surface area contributed by atoms with Crippen LogP contribution in [0.1, 0.15) is 20.7 Å². The fraction of sp³-hybridized carbons (Fsp3) is 0. The monoisotopic (exact) mass is 350 g/mol. The number of amides is 2. The highest BCUT2D eigenvalue weighted by Gasteiger charge is 2.12. The van der Waals surface area contributed by atoms with Gasteiger partial charge in [0.1, 0.15) is 17.3 Å². The number of hydrogen-bond acceptors (Lipinski definition) is 3. The average Bonchev–Trinajstić information content (AvgIpc) is 2.67. The van der Waals surface area contributed by atoms with Gasteiger partial charge in [0.05, 0.1) is 5.56 Å². The van der Waals surface area contributed by atoms with Crippen molar-refractivity contribution in [1.82, 2.24) is 10.9 Å². The first-order valence-electron chi connectivity index (χ1n) is 7.81. The first-order valence-corrected chi connectivity index (χ1v) is 7.81. The molecule has 26 heavy (non-hydrogen) atoms. The zero-order chi connectivity index (χ0) is 18.4. The number of hydrazine groups is 1. The largest absolute Gasteiger partial charge is 0.457 e. The number of rotatable bonds is 4. The molecule has 6 heteroatoms. The second kappa shape index (κ2) is 7.94. The Hall–Kier alpha value is -3.67. The highest BCUT2D eigenvalue weighted by atomic mass is 19.1. The number of carbonyl (C=O) groups excluding carboxylic acids is 2. The fourth-order valence-electron chi connectivity index (χ4n) is 2.20. The molecule has 0 aliphatic rings. The summed E-state index contributed by atoms with van der Waals surface area (Å²) in [6.45, 7) is 0. The number of ether oxygens (including phenoxy) is 1. The molecule has 3 rings (SSSR count). The Morgan fingerprint density at radius 3 is 1.96 bits per heavy atom. The second-order valence-electron chi connectivity index (χ2n) is 5.33. The number of benzene rings is 3. The van der Waals surface area contributed by atoms with Gasteiger partial charge in [0.15, 0.2) is 0 Å². The molecule has 3 aromatic rings. The first-order chi connectivity index (χ1) is 12.6. The summed E-state index contributed by atoms with van der Waals surface area (Å²) in [4.78, 5) is 23.9. The SMILES string of the molecule is O=C(NNC(=O)c1ccccc1F)c1ccc(Oc2ccccc2)cc1. The molecule has 0 fully saturated rings. The summed E-state index contributed by atoms with van der Waals surface area (Å²) in [7, 11) is 0. The number of carbonyl (C=O) groups is 2. The minimum absolute atomic E-state index is 0.153. The number of para-hydroxylation sites is 1. The Morgan fingerprint density at radius 2 is 1.27 bits per heavy atom. The van der Waals surface area contributed by atoms with E-state index in [0.717, 1.165) is 0 Å². The molecule has 0 bridgehead atoms. The maximum atomic E-state index is 13.5. The summed E-state index contributed by atoms with van der Waals surface area (Å²) in [5.74, 6) is -0.673. The molecule has 5 nitrogen and oxygen atoms in total. The van der Waals surface area contributed by atoms with Crippen LogP contribution >= 0.6 is 0 Å². The van der Waals surface area contributed by atoms with Crippen LogP contribution in [0.2, 0.25) is 0 Å². The van der Waals surface area contributed by atoms with Gasteiger partial charge in [-0.2, -0.15) is 0 Å². The number of nitrogens with one attached hydrogen (secondary N) is 2. The number of hydrogen-bond donors (Lipinski definition) is 2. The van der Waals surface area contributed by atoms with Gasteiger partial charge < -0.3 is 4.74 Å². The van der Waals surface area contributed by atoms with Crippen LogP contribution in [0.25, 0.3) is 0 Å². The van der Waals surface area contributed by atoms with Crippen molar-refractivity contribution in [2.24, 2.45) is 0 Å². The molecule has 0 aromatic heterocycles. The molecular formula is C20H15FN2O3. The Balaban J connectivity index is 1.58. The van der Waals surface area contributed by atoms with Gasteiger partial charge in [-0.15, -0.1) is 0 Å². The topological polar surface area (TPSA) is 67.4 Å². The van der Waals surface area contributed by atoms with Crippen LogP contribution in [-0.2, 0) is 0 Å². The summed E-state index contributed by atoms with van der Waals surface area (Å²) < 4.78 is 19.2. The van der Waals surface area contributed by atoms with E-state index in [1.807, 2.05) is 30.3 Å². The van der Waals surface area contributed by atoms with Gasteiger partial charge in [0.25, 0.3) is 11.8 Å². The molecule has 0 atom stereocenters. The van der Waals surface area contributed by atoms with Crippen LogP contribution in [0.15, 0.2) is 78.9 Å². The van der Waals surface area contributed by atoms with Gasteiger partial charge >= 0.3 is 0 Å². The third-order valence-corrected chi connectivity index (χ3v) is 3.50. The Labute approximate surface area is 149 Å². The Kier molecular flexibility index (Phi) is 5.24. The lowest BCUT2D eigenvalue weighted by molar-refractivity contribution is 0.0844. The molecule has 2 amide bonds. The Bertz CT molecular complexity index is 912. The molecule has 0 heterocycles. The molecule has 0 radical (unpaired) electrons. The maximum absolute atomic E-state index is 13.5. The Morgan fingerprint density at radius 1 is 0.692 bits per heavy atom. The standard InChI is InChI=1S/C20H15FN2O3/c21-18-9-5-4-8-17(18)20(25)23-22-19(24)14-10-12-16(13-11-14)26-15-6-2-1-3-7-15/h1-13H,(H,22,24)(H,23,25). The van der Waals surface area contributed by atoms with E-state index >= 15 is 0 Å². The molecule has 0 spiro atoms. The third-order valence-electron chi connectivity index (χ3n) is 3.50. The summed E-state index contributed by atoms with van der Waals surface area (Å²) >= 11 is 0. The van der Waals surface area contributed by atoms with Crippen molar-refractivity contribution in [3.8, 4) is 11.5 Å². The predicted octanol–water partition coefficient (Wildman–Crippen LogP) is 3.69. The van der Waals surface area contributed by atoms with Crippen LogP contribution in [0.3, 0.4) is 0 Å². The van der Waals surface area contributed by atoms with Crippen LogP contribution in [-0.4, -0.2) is 11.8 Å². The molecule has 0 saturated carbocycles. The molecule has 3 aromatic carbocycles. The smallest absolute Gasteiger partial charge is 0.272 e. The molecule has 2 N–H and O–H groups in total. The van der Waals surface area contributed by atoms with Gasteiger partial charge in [-0.05, 0) is 48.5 Å². The van der Waals surface area contributed by atoms with Crippen LogP contribution in [0.5, 0.6) is 11.5 Å². The van der Waals surface area contributed by atoms with Gasteiger partial charge in [-0.25, -0.2) is 4.39 Å². The van der Waals surface area contributed by atoms with E-state index < -0.39 is 17.6 Å². The van der Waals surface area contributed by atoms with E-state index in [1.165, 1.54) is 24.3 Å². The van der Waals surface area contributed by atoms with Crippen molar-refractivity contribution in [2.45, 2.75) is 0 Å². The van der Waals surface area contributed by atoms with E-state index in [2.05, 4.69) is 10.9 Å². The molecule has 130 valence electrons. The van der Waals surface area contributed by atoms with Crippen molar-refractivity contribution in [3.63, 3.8) is 0 Å². The molecule has 0 unspecified atom stereocenters. The summed E-state index contributed by atoms with van der Waals surface area (Å²) in [6, 6.07) is 21.1. The summed E-state index contributed by atoms with van der Waals surface area (Å²) in [5, 5.41) is 0. The second-order valence-corrected chi connectivity index (χ2v) is 5.33. The van der Waals surface area contributed by atoms with Gasteiger partial charge in [0.2, 0.25) is 0 Å². The normalized spacial score (nSPS) is 10.0. The maximum Gasteiger partial charge on any atom is 0.272 e. The zero-order valence-electron chi connectivity index (χ0n) is 13.6. The quantitative estimate of drug-likeness (QED) is 0.705. The van der Waals surface area contributed by atoms with E-state index in [-0.39, 0.29) is 5.56 Å². The third kappa shape index (κ3) is 4.24. The van der Waals surface area contributed by atoms with Crippen molar-refractivity contribution in [2.75, 3.05) is 0 Å². The van der Waals surface area contributed by atoms with Crippen LogP contribution in [0.4, 0.5) is 4.39 Å². The van der Waals surface area contributed by atoms with Crippen molar-refractivity contribution in [1.29, 1.82) is 0 Å². The molecule has 0 aliphatic carbocycles. The minimum atomic E-state index is -0.736. The summed E-state index contributed by atoms with van der Waals surface area (Å²) in [5.41, 5.74) is 4.60. The van der Waals surface area contributed by atoms with Crippen LogP contribution in [0, 0.1) is 5.82 Å². The summed E-state index contributed by atoms with van der Waals surface area (Å²) in [6.07, 6.45) is 0. The molecular weight excluding hydrogens is 335 g/mol. The van der Waals surface area contributed by atoms with Gasteiger partial charge in [-0.1, -0.05) is 30.3 Å². The average molecular weight is 350 g/mol. The molecule has 0 saturated heterocycles. The van der Waals surface area contributed by atoms with E-state index in [4.69, 9.17) is 4.74 Å². The van der Waals surface area contributed by atoms with Gasteiger partial charge in [0, 0.05) is 5.56 Å². The zero-order valence-corrected chi connectivity index (χ0v) is 13.6. The molecule has 0 aliphatic heterocycles. The lowest BCUT2D eigenvalue weighted by Gasteiger charge is -2.09. The lowest BCUT2D eigenvalue weighted by Crippen LogP contribution is -2.41. The van der Waals surface area contributed by atoms with E-state index in [0.29, 0.717) is 17.1 Å². The predicted molar refractivity (Wildman–Crippen MR) is 94.3 cm³/mol. The van der Waals surface area contributed by atoms with Crippen molar-refractivity contribution >= 4 is 11.8 Å². The highest BCUT2D eigenvalue weighted by Crippen LogP contribution is 2.21. The fourth-order valence-corrected chi connectivity index (χ4v) is 2.20. The van der Waals surface area contributed by atoms with Crippen molar-refractivity contribution in [3.05, 3.63) is 95.8 Å².